The van der Waals surface area contributed by atoms with Gasteiger partial charge in [-0.25, -0.2) is 4.79 Å². The molecule has 0 spiro atoms. The second-order valence-electron chi connectivity index (χ2n) is 9.21. The Morgan fingerprint density at radius 3 is 2.32 bits per heavy atom. The molecule has 34 heavy (non-hydrogen) atoms. The first-order chi connectivity index (χ1) is 16.4. The Morgan fingerprint density at radius 2 is 1.68 bits per heavy atom. The molecule has 0 aromatic heterocycles. The van der Waals surface area contributed by atoms with E-state index in [0.717, 1.165) is 25.7 Å². The summed E-state index contributed by atoms with van der Waals surface area (Å²) < 4.78 is 10.6. The van der Waals surface area contributed by atoms with Gasteiger partial charge in [0.2, 0.25) is 17.7 Å². The van der Waals surface area contributed by atoms with Crippen LogP contribution in [0, 0.1) is 0 Å². The molecule has 4 rings (SSSR count). The van der Waals surface area contributed by atoms with Gasteiger partial charge in [0.05, 0.1) is 19.1 Å². The van der Waals surface area contributed by atoms with Crippen LogP contribution < -0.4 is 4.74 Å². The molecule has 1 atom stereocenters. The Bertz CT molecular complexity index is 952. The Labute approximate surface area is 200 Å². The molecule has 0 unspecified atom stereocenters. The SMILES string of the molecule is CCOC(=O)N1CCN(C(=O)C[C@@]2(c3ccccc3OC)CC(=O)N(C3CCCC3)C2=O)CC1. The average Bonchev–Trinajstić information content (AvgIpc) is 3.45. The number of ether oxygens (including phenoxy) is 2. The predicted octanol–water partition coefficient (Wildman–Crippen LogP) is 2.33. The molecule has 2 heterocycles. The monoisotopic (exact) mass is 471 g/mol. The minimum absolute atomic E-state index is 0.0444. The maximum atomic E-state index is 13.9. The quantitative estimate of drug-likeness (QED) is 0.591. The van der Waals surface area contributed by atoms with Gasteiger partial charge in [-0.3, -0.25) is 19.3 Å². The standard InChI is InChI=1S/C25H33N3O6/c1-3-34-24(32)27-14-12-26(13-15-27)21(29)16-25(19-10-6-7-11-20(19)33-2)17-22(30)28(23(25)31)18-8-4-5-9-18/h6-7,10-11,18H,3-5,8-9,12-17H2,1-2H3/t25-/m0/s1. The van der Waals surface area contributed by atoms with Gasteiger partial charge in [-0.1, -0.05) is 31.0 Å². The van der Waals surface area contributed by atoms with Crippen molar-refractivity contribution in [3.05, 3.63) is 29.8 Å². The summed E-state index contributed by atoms with van der Waals surface area (Å²) in [6, 6.07) is 7.06. The van der Waals surface area contributed by atoms with Crippen molar-refractivity contribution in [2.45, 2.75) is 56.9 Å². The van der Waals surface area contributed by atoms with E-state index in [-0.39, 0.29) is 42.7 Å². The minimum Gasteiger partial charge on any atom is -0.496 e. The normalized spacial score (nSPS) is 23.5. The molecule has 2 saturated heterocycles. The molecule has 184 valence electrons. The molecule has 9 nitrogen and oxygen atoms in total. The Morgan fingerprint density at radius 1 is 1.03 bits per heavy atom. The van der Waals surface area contributed by atoms with Crippen molar-refractivity contribution >= 4 is 23.8 Å². The number of carbonyl (C=O) groups is 4. The van der Waals surface area contributed by atoms with Crippen LogP contribution in [-0.2, 0) is 24.5 Å². The van der Waals surface area contributed by atoms with Crippen LogP contribution >= 0.6 is 0 Å². The first-order valence-corrected chi connectivity index (χ1v) is 12.1. The molecular formula is C25H33N3O6. The van der Waals surface area contributed by atoms with Crippen LogP contribution in [0.15, 0.2) is 24.3 Å². The summed E-state index contributed by atoms with van der Waals surface area (Å²) in [5.41, 5.74) is -0.711. The number of para-hydroxylation sites is 1. The number of rotatable bonds is 6. The number of methoxy groups -OCH3 is 1. The van der Waals surface area contributed by atoms with Crippen LogP contribution in [0.1, 0.15) is 51.0 Å². The van der Waals surface area contributed by atoms with E-state index in [2.05, 4.69) is 0 Å². The molecule has 4 amide bonds. The number of hydrogen-bond acceptors (Lipinski definition) is 6. The number of nitrogens with zero attached hydrogens (tertiary/aromatic N) is 3. The highest BCUT2D eigenvalue weighted by Crippen LogP contribution is 2.46. The average molecular weight is 472 g/mol. The molecule has 0 N–H and O–H groups in total. The van der Waals surface area contributed by atoms with E-state index in [1.54, 1.807) is 34.9 Å². The third-order valence-corrected chi connectivity index (χ3v) is 7.27. The lowest BCUT2D eigenvalue weighted by atomic mass is 9.75. The highest BCUT2D eigenvalue weighted by Gasteiger charge is 2.57. The van der Waals surface area contributed by atoms with Crippen molar-refractivity contribution in [2.75, 3.05) is 39.9 Å². The van der Waals surface area contributed by atoms with E-state index in [1.807, 2.05) is 6.07 Å². The first-order valence-electron chi connectivity index (χ1n) is 12.1. The minimum atomic E-state index is -1.29. The molecule has 1 aliphatic carbocycles. The largest absolute Gasteiger partial charge is 0.496 e. The van der Waals surface area contributed by atoms with E-state index in [1.165, 1.54) is 12.0 Å². The van der Waals surface area contributed by atoms with Crippen molar-refractivity contribution in [3.63, 3.8) is 0 Å². The number of imide groups is 1. The molecule has 9 heteroatoms. The zero-order valence-electron chi connectivity index (χ0n) is 20.0. The number of benzene rings is 1. The van der Waals surface area contributed by atoms with Crippen molar-refractivity contribution in [2.24, 2.45) is 0 Å². The molecule has 1 saturated carbocycles. The molecule has 2 aliphatic heterocycles. The third-order valence-electron chi connectivity index (χ3n) is 7.27. The van der Waals surface area contributed by atoms with Crippen LogP contribution in [0.5, 0.6) is 5.75 Å². The van der Waals surface area contributed by atoms with Crippen molar-refractivity contribution in [1.82, 2.24) is 14.7 Å². The molecule has 3 aliphatic rings. The zero-order valence-corrected chi connectivity index (χ0v) is 20.0. The number of likely N-dealkylation sites (tertiary alicyclic amines) is 1. The van der Waals surface area contributed by atoms with Crippen molar-refractivity contribution in [3.8, 4) is 5.75 Å². The van der Waals surface area contributed by atoms with Crippen LogP contribution in [0.3, 0.4) is 0 Å². The van der Waals surface area contributed by atoms with Gasteiger partial charge in [0.1, 0.15) is 5.75 Å². The zero-order chi connectivity index (χ0) is 24.3. The first kappa shape index (κ1) is 24.0. The molecule has 0 radical (unpaired) electrons. The predicted molar refractivity (Wildman–Crippen MR) is 123 cm³/mol. The highest BCUT2D eigenvalue weighted by molar-refractivity contribution is 6.11. The molecule has 3 fully saturated rings. The second kappa shape index (κ2) is 10.0. The lowest BCUT2D eigenvalue weighted by Gasteiger charge is -2.36. The molecular weight excluding hydrogens is 438 g/mol. The van der Waals surface area contributed by atoms with Gasteiger partial charge in [0, 0.05) is 50.6 Å². The molecule has 1 aromatic rings. The topological polar surface area (TPSA) is 96.5 Å². The van der Waals surface area contributed by atoms with E-state index < -0.39 is 5.41 Å². The summed E-state index contributed by atoms with van der Waals surface area (Å²) >= 11 is 0. The third kappa shape index (κ3) is 4.35. The highest BCUT2D eigenvalue weighted by atomic mass is 16.6. The van der Waals surface area contributed by atoms with Crippen molar-refractivity contribution < 1.29 is 28.7 Å². The van der Waals surface area contributed by atoms with Crippen LogP contribution in [-0.4, -0.2) is 84.5 Å². The Hall–Kier alpha value is -3.10. The summed E-state index contributed by atoms with van der Waals surface area (Å²) in [4.78, 5) is 57.3. The maximum Gasteiger partial charge on any atom is 0.409 e. The summed E-state index contributed by atoms with van der Waals surface area (Å²) in [7, 11) is 1.53. The van der Waals surface area contributed by atoms with Crippen LogP contribution in [0.4, 0.5) is 4.79 Å². The summed E-state index contributed by atoms with van der Waals surface area (Å²) in [5.74, 6) is -0.226. The number of hydrogen-bond donors (Lipinski definition) is 0. The van der Waals surface area contributed by atoms with Gasteiger partial charge >= 0.3 is 6.09 Å². The van der Waals surface area contributed by atoms with E-state index in [0.29, 0.717) is 44.1 Å². The fraction of sp³-hybridized carbons (Fsp3) is 0.600. The van der Waals surface area contributed by atoms with Gasteiger partial charge in [0.25, 0.3) is 0 Å². The molecule has 1 aromatic carbocycles. The van der Waals surface area contributed by atoms with Gasteiger partial charge in [-0.05, 0) is 25.8 Å². The van der Waals surface area contributed by atoms with Gasteiger partial charge in [0.15, 0.2) is 0 Å². The fourth-order valence-electron chi connectivity index (χ4n) is 5.50. The number of piperazine rings is 1. The van der Waals surface area contributed by atoms with Crippen LogP contribution in [0.2, 0.25) is 0 Å². The summed E-state index contributed by atoms with van der Waals surface area (Å²) in [6.45, 7) is 3.50. The van der Waals surface area contributed by atoms with E-state index in [4.69, 9.17) is 9.47 Å². The lowest BCUT2D eigenvalue weighted by Crippen LogP contribution is -2.52. The summed E-state index contributed by atoms with van der Waals surface area (Å²) in [6.07, 6.45) is 3.06. The number of carbonyl (C=O) groups excluding carboxylic acids is 4. The lowest BCUT2D eigenvalue weighted by molar-refractivity contribution is -0.145. The van der Waals surface area contributed by atoms with E-state index >= 15 is 0 Å². The Kier molecular flexibility index (Phi) is 7.09. The van der Waals surface area contributed by atoms with Crippen molar-refractivity contribution in [1.29, 1.82) is 0 Å². The van der Waals surface area contributed by atoms with Crippen LogP contribution in [0.25, 0.3) is 0 Å². The summed E-state index contributed by atoms with van der Waals surface area (Å²) in [5, 5.41) is 0. The smallest absolute Gasteiger partial charge is 0.409 e. The van der Waals surface area contributed by atoms with Gasteiger partial charge < -0.3 is 19.3 Å². The second-order valence-corrected chi connectivity index (χ2v) is 9.21. The van der Waals surface area contributed by atoms with Gasteiger partial charge in [-0.15, -0.1) is 0 Å². The van der Waals surface area contributed by atoms with Gasteiger partial charge in [-0.2, -0.15) is 0 Å². The Balaban J connectivity index is 1.59. The number of amides is 4. The molecule has 0 bridgehead atoms. The maximum absolute atomic E-state index is 13.9. The fourth-order valence-corrected chi connectivity index (χ4v) is 5.50. The van der Waals surface area contributed by atoms with E-state index in [9.17, 15) is 19.2 Å².